The Morgan fingerprint density at radius 2 is 1.87 bits per heavy atom. The lowest BCUT2D eigenvalue weighted by Gasteiger charge is -2.14. The van der Waals surface area contributed by atoms with Gasteiger partial charge in [0.05, 0.1) is 11.5 Å². The van der Waals surface area contributed by atoms with Crippen LogP contribution in [0.3, 0.4) is 0 Å². The van der Waals surface area contributed by atoms with E-state index in [2.05, 4.69) is 18.7 Å². The van der Waals surface area contributed by atoms with Crippen LogP contribution in [-0.2, 0) is 19.8 Å². The fourth-order valence-electron chi connectivity index (χ4n) is 3.13. The Morgan fingerprint density at radius 1 is 1.16 bits per heavy atom. The number of rotatable bonds is 11. The molecule has 0 N–H and O–H groups in total. The van der Waals surface area contributed by atoms with Crippen molar-refractivity contribution >= 4 is 39.0 Å². The van der Waals surface area contributed by atoms with Crippen molar-refractivity contribution in [3.8, 4) is 0 Å². The molecule has 1 aromatic rings. The highest BCUT2D eigenvalue weighted by atomic mass is 32.2. The first-order valence-corrected chi connectivity index (χ1v) is 12.7. The molecule has 166 valence electrons. The number of ether oxygens (including phenoxy) is 1. The summed E-state index contributed by atoms with van der Waals surface area (Å²) >= 11 is 1.69. The quantitative estimate of drug-likeness (QED) is 0.141. The molecule has 0 heterocycles. The van der Waals surface area contributed by atoms with Crippen molar-refractivity contribution < 1.29 is 17.9 Å². The van der Waals surface area contributed by atoms with E-state index >= 15 is 0 Å². The summed E-state index contributed by atoms with van der Waals surface area (Å²) < 4.78 is 28.6. The van der Waals surface area contributed by atoms with Crippen LogP contribution in [0.1, 0.15) is 44.6 Å². The van der Waals surface area contributed by atoms with Crippen LogP contribution in [0.2, 0.25) is 0 Å². The van der Waals surface area contributed by atoms with Gasteiger partial charge >= 0.3 is 5.97 Å². The summed E-state index contributed by atoms with van der Waals surface area (Å²) in [7, 11) is -2.26. The lowest BCUT2D eigenvalue weighted by Crippen LogP contribution is -2.12. The summed E-state index contributed by atoms with van der Waals surface area (Å²) in [5.74, 6) is -0.586. The number of allylic oxidation sites excluding steroid dienone is 5. The van der Waals surface area contributed by atoms with Crippen molar-refractivity contribution in [1.82, 2.24) is 0 Å². The summed E-state index contributed by atoms with van der Waals surface area (Å²) in [6, 6.07) is 8.17. The Hall–Kier alpha value is -2.31. The number of benzene rings is 1. The third-order valence-electron chi connectivity index (χ3n) is 4.92. The average Bonchev–Trinajstić information content (AvgIpc) is 2.77. The Kier molecular flexibility index (Phi) is 10.6. The number of esters is 1. The zero-order valence-corrected chi connectivity index (χ0v) is 19.8. The second kappa shape index (κ2) is 13.2. The number of carbonyl (C=O) groups is 1. The highest BCUT2D eigenvalue weighted by Crippen LogP contribution is 2.22. The molecule has 0 amide bonds. The normalized spacial score (nSPS) is 15.7. The molecule has 6 heteroatoms. The first-order valence-electron chi connectivity index (χ1n) is 10.4. The minimum atomic E-state index is -2.26. The monoisotopic (exact) mass is 458 g/mol. The molecule has 1 aliphatic carbocycles. The molecule has 1 aromatic carbocycles. The second-order valence-corrected chi connectivity index (χ2v) is 9.27. The summed E-state index contributed by atoms with van der Waals surface area (Å²) in [5, 5.41) is 0. The lowest BCUT2D eigenvalue weighted by molar-refractivity contribution is -0.139. The number of unbranched alkanes of at least 4 members (excludes halogenated alkanes) is 3. The van der Waals surface area contributed by atoms with Gasteiger partial charge in [-0.25, -0.2) is 4.79 Å². The SMILES string of the molecule is C=C(C)C(=O)OCCCCCCC1=CC(=S(=O)=O)C(C=Cc2ccc(SC)cc2)C=C1. The smallest absolute Gasteiger partial charge is 0.333 e. The van der Waals surface area contributed by atoms with Crippen molar-refractivity contribution in [2.45, 2.75) is 43.9 Å². The van der Waals surface area contributed by atoms with Gasteiger partial charge in [-0.1, -0.05) is 55.9 Å². The van der Waals surface area contributed by atoms with Gasteiger partial charge in [0.15, 0.2) is 0 Å². The van der Waals surface area contributed by atoms with Crippen molar-refractivity contribution in [1.29, 1.82) is 0 Å². The Morgan fingerprint density at radius 3 is 2.52 bits per heavy atom. The first kappa shape index (κ1) is 25.0. The van der Waals surface area contributed by atoms with Crippen LogP contribution in [0.4, 0.5) is 0 Å². The Balaban J connectivity index is 1.82. The third kappa shape index (κ3) is 8.75. The van der Waals surface area contributed by atoms with Crippen LogP contribution in [0, 0.1) is 5.92 Å². The van der Waals surface area contributed by atoms with Gasteiger partial charge in [0, 0.05) is 16.4 Å². The second-order valence-electron chi connectivity index (χ2n) is 7.45. The predicted molar refractivity (Wildman–Crippen MR) is 131 cm³/mol. The first-order chi connectivity index (χ1) is 14.9. The van der Waals surface area contributed by atoms with E-state index in [0.717, 1.165) is 43.2 Å². The summed E-state index contributed by atoms with van der Waals surface area (Å²) in [6.45, 7) is 5.60. The van der Waals surface area contributed by atoms with Gasteiger partial charge in [0.1, 0.15) is 0 Å². The molecule has 0 fully saturated rings. The zero-order chi connectivity index (χ0) is 22.6. The maximum Gasteiger partial charge on any atom is 0.333 e. The van der Waals surface area contributed by atoms with E-state index in [9.17, 15) is 13.2 Å². The molecule has 1 aliphatic rings. The van der Waals surface area contributed by atoms with Gasteiger partial charge in [-0.2, -0.15) is 8.42 Å². The van der Waals surface area contributed by atoms with E-state index in [1.54, 1.807) is 24.8 Å². The van der Waals surface area contributed by atoms with Gasteiger partial charge < -0.3 is 4.74 Å². The van der Waals surface area contributed by atoms with Crippen molar-refractivity contribution in [3.05, 3.63) is 71.9 Å². The zero-order valence-electron chi connectivity index (χ0n) is 18.2. The van der Waals surface area contributed by atoms with Gasteiger partial charge in [-0.3, -0.25) is 0 Å². The fourth-order valence-corrected chi connectivity index (χ4v) is 4.16. The standard InChI is InChI=1S/C25H30O4S2/c1-19(2)25(26)29-17-7-5-4-6-8-21-10-14-22(24(18-21)31(27)28)13-9-20-11-15-23(30-3)16-12-20/h9-16,18,22H,1,4-8,17H2,2-3H3. The number of hydrogen-bond acceptors (Lipinski definition) is 5. The van der Waals surface area contributed by atoms with E-state index in [-0.39, 0.29) is 11.9 Å². The Bertz CT molecular complexity index is 988. The molecule has 31 heavy (non-hydrogen) atoms. The molecule has 1 atom stereocenters. The van der Waals surface area contributed by atoms with E-state index in [1.807, 2.05) is 42.7 Å². The van der Waals surface area contributed by atoms with Crippen LogP contribution < -0.4 is 0 Å². The minimum Gasteiger partial charge on any atom is -0.462 e. The molecule has 0 aliphatic heterocycles. The molecule has 0 aromatic heterocycles. The van der Waals surface area contributed by atoms with Gasteiger partial charge in [-0.05, 0) is 61.8 Å². The molecule has 1 unspecified atom stereocenters. The van der Waals surface area contributed by atoms with Gasteiger partial charge in [-0.15, -0.1) is 11.8 Å². The van der Waals surface area contributed by atoms with E-state index in [4.69, 9.17) is 4.74 Å². The molecule has 0 saturated carbocycles. The minimum absolute atomic E-state index is 0.245. The maximum atomic E-state index is 11.8. The molecule has 0 saturated heterocycles. The largest absolute Gasteiger partial charge is 0.462 e. The number of hydrogen-bond donors (Lipinski definition) is 0. The molecular weight excluding hydrogens is 428 g/mol. The topological polar surface area (TPSA) is 60.4 Å². The number of thioether (sulfide) groups is 1. The molecular formula is C25H30O4S2. The molecule has 0 radical (unpaired) electrons. The summed E-state index contributed by atoms with van der Waals surface area (Å²) in [4.78, 5) is 12.9. The van der Waals surface area contributed by atoms with Crippen molar-refractivity contribution in [2.24, 2.45) is 5.92 Å². The number of carbonyl (C=O) groups excluding carboxylic acids is 1. The van der Waals surface area contributed by atoms with E-state index < -0.39 is 10.3 Å². The molecule has 2 rings (SSSR count). The van der Waals surface area contributed by atoms with E-state index in [1.165, 1.54) is 4.90 Å². The van der Waals surface area contributed by atoms with Gasteiger partial charge in [0.2, 0.25) is 10.3 Å². The van der Waals surface area contributed by atoms with Crippen LogP contribution in [0.25, 0.3) is 6.08 Å². The van der Waals surface area contributed by atoms with E-state index in [0.29, 0.717) is 17.0 Å². The summed E-state index contributed by atoms with van der Waals surface area (Å²) in [5.41, 5.74) is 2.49. The van der Waals surface area contributed by atoms with Crippen LogP contribution >= 0.6 is 11.8 Å². The fraction of sp³-hybridized carbons (Fsp3) is 0.360. The lowest BCUT2D eigenvalue weighted by atomic mass is 9.93. The molecule has 0 spiro atoms. The van der Waals surface area contributed by atoms with Gasteiger partial charge in [0.25, 0.3) is 0 Å². The molecule has 4 nitrogen and oxygen atoms in total. The van der Waals surface area contributed by atoms with Crippen molar-refractivity contribution in [2.75, 3.05) is 12.9 Å². The average molecular weight is 459 g/mol. The maximum absolute atomic E-state index is 11.8. The highest BCUT2D eigenvalue weighted by molar-refractivity contribution is 7.98. The Labute approximate surface area is 191 Å². The van der Waals surface area contributed by atoms with Crippen LogP contribution in [0.15, 0.2) is 71.2 Å². The van der Waals surface area contributed by atoms with Crippen molar-refractivity contribution in [3.63, 3.8) is 0 Å². The predicted octanol–water partition coefficient (Wildman–Crippen LogP) is 5.66. The third-order valence-corrected chi connectivity index (χ3v) is 6.44. The highest BCUT2D eigenvalue weighted by Gasteiger charge is 2.15. The summed E-state index contributed by atoms with van der Waals surface area (Å²) in [6.07, 6.45) is 16.3. The van der Waals surface area contributed by atoms with Crippen LogP contribution in [-0.4, -0.2) is 32.1 Å². The molecule has 0 bridgehead atoms. The van der Waals surface area contributed by atoms with Crippen LogP contribution in [0.5, 0.6) is 0 Å².